The summed E-state index contributed by atoms with van der Waals surface area (Å²) in [5.41, 5.74) is 3.60. The Morgan fingerprint density at radius 2 is 1.75 bits per heavy atom. The van der Waals surface area contributed by atoms with E-state index in [2.05, 4.69) is 0 Å². The lowest BCUT2D eigenvalue weighted by Crippen LogP contribution is -2.09. The molecule has 0 fully saturated rings. The van der Waals surface area contributed by atoms with Crippen LogP contribution in [0.5, 0.6) is 0 Å². The third kappa shape index (κ3) is 3.67. The molecule has 2 aromatic carbocycles. The quantitative estimate of drug-likeness (QED) is 0.813. The molecule has 0 saturated heterocycles. The lowest BCUT2D eigenvalue weighted by molar-refractivity contribution is -0.117. The first kappa shape index (κ1) is 14.7. The second-order valence-electron chi connectivity index (χ2n) is 5.06. The zero-order valence-electron chi connectivity index (χ0n) is 11.5. The van der Waals surface area contributed by atoms with Gasteiger partial charge in [-0.2, -0.15) is 0 Å². The van der Waals surface area contributed by atoms with E-state index in [-0.39, 0.29) is 12.2 Å². The van der Waals surface area contributed by atoms with Crippen molar-refractivity contribution in [3.63, 3.8) is 0 Å². The number of carbonyl (C=O) groups is 1. The van der Waals surface area contributed by atoms with Crippen molar-refractivity contribution in [2.75, 3.05) is 0 Å². The molecular weight excluding hydrogens is 275 g/mol. The zero-order chi connectivity index (χ0) is 14.7. The van der Waals surface area contributed by atoms with Crippen molar-refractivity contribution in [1.82, 2.24) is 0 Å². The molecule has 0 aliphatic carbocycles. The van der Waals surface area contributed by atoms with Gasteiger partial charge in [0.15, 0.2) is 0 Å². The fraction of sp³-hybridized carbons (Fsp3) is 0.235. The third-order valence-corrected chi connectivity index (χ3v) is 3.53. The minimum absolute atomic E-state index is 0.0000718. The Morgan fingerprint density at radius 1 is 1.05 bits per heavy atom. The van der Waals surface area contributed by atoms with Crippen LogP contribution in [-0.4, -0.2) is 5.78 Å². The van der Waals surface area contributed by atoms with Gasteiger partial charge in [0.05, 0.1) is 0 Å². The maximum Gasteiger partial charge on any atom is 0.141 e. The molecule has 1 nitrogen and oxygen atoms in total. The first-order valence-electron chi connectivity index (χ1n) is 6.47. The molecule has 0 heterocycles. The minimum atomic E-state index is -0.424. The van der Waals surface area contributed by atoms with Gasteiger partial charge in [-0.1, -0.05) is 41.4 Å². The molecule has 0 saturated carbocycles. The zero-order valence-corrected chi connectivity index (χ0v) is 12.3. The molecule has 0 N–H and O–H groups in total. The van der Waals surface area contributed by atoms with Gasteiger partial charge in [-0.15, -0.1) is 0 Å². The van der Waals surface area contributed by atoms with E-state index in [1.807, 2.05) is 32.0 Å². The molecule has 3 heteroatoms. The van der Waals surface area contributed by atoms with E-state index in [4.69, 9.17) is 11.6 Å². The van der Waals surface area contributed by atoms with Gasteiger partial charge in [0.1, 0.15) is 11.6 Å². The Kier molecular flexibility index (Phi) is 4.56. The topological polar surface area (TPSA) is 17.1 Å². The Morgan fingerprint density at radius 3 is 2.45 bits per heavy atom. The van der Waals surface area contributed by atoms with Crippen molar-refractivity contribution in [1.29, 1.82) is 0 Å². The van der Waals surface area contributed by atoms with E-state index in [9.17, 15) is 9.18 Å². The normalized spacial score (nSPS) is 10.6. The van der Waals surface area contributed by atoms with Gasteiger partial charge in [-0.3, -0.25) is 4.79 Å². The van der Waals surface area contributed by atoms with Gasteiger partial charge in [-0.25, -0.2) is 4.39 Å². The highest BCUT2D eigenvalue weighted by Crippen LogP contribution is 2.17. The number of rotatable bonds is 4. The van der Waals surface area contributed by atoms with Crippen molar-refractivity contribution in [2.24, 2.45) is 0 Å². The first-order chi connectivity index (χ1) is 9.45. The van der Waals surface area contributed by atoms with Crippen LogP contribution in [0.3, 0.4) is 0 Å². The predicted molar refractivity (Wildman–Crippen MR) is 79.7 cm³/mol. The summed E-state index contributed by atoms with van der Waals surface area (Å²) >= 11 is 5.70. The van der Waals surface area contributed by atoms with Gasteiger partial charge in [0, 0.05) is 17.9 Å². The van der Waals surface area contributed by atoms with E-state index in [1.165, 1.54) is 6.07 Å². The van der Waals surface area contributed by atoms with Crippen LogP contribution < -0.4 is 0 Å². The van der Waals surface area contributed by atoms with Crippen LogP contribution in [0.15, 0.2) is 36.4 Å². The van der Waals surface area contributed by atoms with Gasteiger partial charge < -0.3 is 0 Å². The SMILES string of the molecule is Cc1ccc(C)c(CC(=O)Cc2ccc(Cl)cc2F)c1. The number of halogens is 2. The number of carbonyl (C=O) groups excluding carboxylic acids is 1. The second kappa shape index (κ2) is 6.19. The van der Waals surface area contributed by atoms with Crippen LogP contribution in [0.1, 0.15) is 22.3 Å². The number of benzene rings is 2. The molecule has 2 aromatic rings. The van der Waals surface area contributed by atoms with Crippen molar-refractivity contribution in [2.45, 2.75) is 26.7 Å². The smallest absolute Gasteiger partial charge is 0.141 e. The van der Waals surface area contributed by atoms with Crippen LogP contribution in [0.25, 0.3) is 0 Å². The number of hydrogen-bond acceptors (Lipinski definition) is 1. The summed E-state index contributed by atoms with van der Waals surface area (Å²) in [4.78, 5) is 12.1. The van der Waals surface area contributed by atoms with E-state index in [0.29, 0.717) is 17.0 Å². The lowest BCUT2D eigenvalue weighted by Gasteiger charge is -2.07. The molecule has 0 spiro atoms. The van der Waals surface area contributed by atoms with E-state index < -0.39 is 5.82 Å². The monoisotopic (exact) mass is 290 g/mol. The summed E-state index contributed by atoms with van der Waals surface area (Å²) < 4.78 is 13.7. The second-order valence-corrected chi connectivity index (χ2v) is 5.49. The average Bonchev–Trinajstić information content (AvgIpc) is 2.37. The van der Waals surface area contributed by atoms with Crippen LogP contribution in [0, 0.1) is 19.7 Å². The van der Waals surface area contributed by atoms with Crippen LogP contribution >= 0.6 is 11.6 Å². The predicted octanol–water partition coefficient (Wildman–Crippen LogP) is 4.45. The lowest BCUT2D eigenvalue weighted by atomic mass is 9.98. The maximum absolute atomic E-state index is 13.7. The van der Waals surface area contributed by atoms with Crippen molar-refractivity contribution in [3.05, 3.63) is 69.5 Å². The summed E-state index contributed by atoms with van der Waals surface area (Å²) in [6.45, 7) is 3.97. The molecule has 20 heavy (non-hydrogen) atoms. The van der Waals surface area contributed by atoms with E-state index in [0.717, 1.165) is 16.7 Å². The van der Waals surface area contributed by atoms with Crippen LogP contribution in [0.2, 0.25) is 5.02 Å². The number of aryl methyl sites for hydroxylation is 2. The summed E-state index contributed by atoms with van der Waals surface area (Å²) in [6.07, 6.45) is 0.423. The summed E-state index contributed by atoms with van der Waals surface area (Å²) in [6, 6.07) is 10.4. The molecule has 0 amide bonds. The molecule has 0 unspecified atom stereocenters. The Labute approximate surface area is 123 Å². The molecule has 104 valence electrons. The van der Waals surface area contributed by atoms with Crippen molar-refractivity contribution in [3.8, 4) is 0 Å². The molecular formula is C17H16ClFO. The number of ketones is 1. The molecule has 0 radical (unpaired) electrons. The highest BCUT2D eigenvalue weighted by atomic mass is 35.5. The van der Waals surface area contributed by atoms with Gasteiger partial charge >= 0.3 is 0 Å². The van der Waals surface area contributed by atoms with Gasteiger partial charge in [0.25, 0.3) is 0 Å². The molecule has 0 aliphatic rings. The van der Waals surface area contributed by atoms with E-state index >= 15 is 0 Å². The Balaban J connectivity index is 2.11. The Hall–Kier alpha value is -1.67. The molecule has 0 aromatic heterocycles. The van der Waals surface area contributed by atoms with Crippen LogP contribution in [0.4, 0.5) is 4.39 Å². The fourth-order valence-corrected chi connectivity index (χ4v) is 2.30. The summed E-state index contributed by atoms with van der Waals surface area (Å²) in [7, 11) is 0. The fourth-order valence-electron chi connectivity index (χ4n) is 2.14. The van der Waals surface area contributed by atoms with Gasteiger partial charge in [0.2, 0.25) is 0 Å². The number of Topliss-reactive ketones (excluding diaryl/α,β-unsaturated/α-hetero) is 1. The molecule has 0 bridgehead atoms. The van der Waals surface area contributed by atoms with Crippen LogP contribution in [-0.2, 0) is 17.6 Å². The number of hydrogen-bond donors (Lipinski definition) is 0. The largest absolute Gasteiger partial charge is 0.299 e. The Bertz CT molecular complexity index is 649. The minimum Gasteiger partial charge on any atom is -0.299 e. The van der Waals surface area contributed by atoms with Crippen molar-refractivity contribution >= 4 is 17.4 Å². The average molecular weight is 291 g/mol. The highest BCUT2D eigenvalue weighted by molar-refractivity contribution is 6.30. The summed E-state index contributed by atoms with van der Waals surface area (Å²) in [5, 5.41) is 0.341. The maximum atomic E-state index is 13.7. The highest BCUT2D eigenvalue weighted by Gasteiger charge is 2.11. The third-order valence-electron chi connectivity index (χ3n) is 3.29. The first-order valence-corrected chi connectivity index (χ1v) is 6.85. The standard InChI is InChI=1S/C17H16ClFO/c1-11-3-4-12(2)14(7-11)9-16(20)8-13-5-6-15(18)10-17(13)19/h3-7,10H,8-9H2,1-2H3. The van der Waals surface area contributed by atoms with Gasteiger partial charge in [-0.05, 0) is 42.7 Å². The molecule has 2 rings (SSSR count). The molecule has 0 atom stereocenters. The van der Waals surface area contributed by atoms with E-state index in [1.54, 1.807) is 12.1 Å². The van der Waals surface area contributed by atoms with Crippen molar-refractivity contribution < 1.29 is 9.18 Å². The molecule has 0 aliphatic heterocycles. The summed E-state index contributed by atoms with van der Waals surface area (Å²) in [5.74, 6) is -0.424.